The van der Waals surface area contributed by atoms with Crippen LogP contribution in [0, 0.1) is 0 Å². The molecule has 0 radical (unpaired) electrons. The second-order valence-electron chi connectivity index (χ2n) is 5.91. The van der Waals surface area contributed by atoms with E-state index in [4.69, 9.17) is 4.74 Å². The topological polar surface area (TPSA) is 101 Å². The molecule has 1 aliphatic rings. The molecule has 1 heterocycles. The molecule has 1 aliphatic heterocycles. The fraction of sp³-hybridized carbons (Fsp3) is 0.158. The highest BCUT2D eigenvalue weighted by molar-refractivity contribution is 7.95. The van der Waals surface area contributed by atoms with Gasteiger partial charge in [-0.1, -0.05) is 48.5 Å². The first-order chi connectivity index (χ1) is 12.9. The van der Waals surface area contributed by atoms with Crippen LogP contribution in [0.25, 0.3) is 6.08 Å². The summed E-state index contributed by atoms with van der Waals surface area (Å²) in [4.78, 5) is 25.1. The SMILES string of the molecule is COC(=O)N(C1=Cc2ccccc2S1(=O)=O)[C@@H](Cc1ccccc1)C(=O)O. The summed E-state index contributed by atoms with van der Waals surface area (Å²) >= 11 is 0. The third kappa shape index (κ3) is 3.43. The highest BCUT2D eigenvalue weighted by Crippen LogP contribution is 2.36. The number of ether oxygens (including phenoxy) is 1. The zero-order valence-corrected chi connectivity index (χ0v) is 15.2. The zero-order valence-electron chi connectivity index (χ0n) is 14.4. The molecule has 2 aromatic carbocycles. The molecule has 1 atom stereocenters. The van der Waals surface area contributed by atoms with Crippen molar-refractivity contribution in [3.63, 3.8) is 0 Å². The van der Waals surface area contributed by atoms with Gasteiger partial charge in [0.2, 0.25) is 9.84 Å². The van der Waals surface area contributed by atoms with E-state index in [9.17, 15) is 23.1 Å². The Kier molecular flexibility index (Phi) is 5.00. The van der Waals surface area contributed by atoms with Crippen LogP contribution in [0.3, 0.4) is 0 Å². The molecule has 8 heteroatoms. The number of amides is 1. The first-order valence-electron chi connectivity index (χ1n) is 8.06. The Morgan fingerprint density at radius 3 is 2.30 bits per heavy atom. The van der Waals surface area contributed by atoms with Crippen LogP contribution in [-0.2, 0) is 25.8 Å². The van der Waals surface area contributed by atoms with Crippen molar-refractivity contribution >= 4 is 28.0 Å². The van der Waals surface area contributed by atoms with Crippen molar-refractivity contribution in [1.29, 1.82) is 0 Å². The number of sulfone groups is 1. The molecule has 0 aliphatic carbocycles. The summed E-state index contributed by atoms with van der Waals surface area (Å²) in [6.07, 6.45) is 0.165. The Hall–Kier alpha value is -3.13. The summed E-state index contributed by atoms with van der Waals surface area (Å²) in [6, 6.07) is 13.4. The van der Waals surface area contributed by atoms with Crippen LogP contribution in [0.5, 0.6) is 0 Å². The van der Waals surface area contributed by atoms with Gasteiger partial charge in [0.15, 0.2) is 0 Å². The van der Waals surface area contributed by atoms with E-state index in [0.717, 1.165) is 7.11 Å². The normalized spacial score (nSPS) is 15.4. The second-order valence-corrected chi connectivity index (χ2v) is 7.77. The Bertz CT molecular complexity index is 1010. The molecule has 7 nitrogen and oxygen atoms in total. The van der Waals surface area contributed by atoms with Crippen LogP contribution in [0.1, 0.15) is 11.1 Å². The first-order valence-corrected chi connectivity index (χ1v) is 9.54. The lowest BCUT2D eigenvalue weighted by Crippen LogP contribution is -2.46. The predicted octanol–water partition coefficient (Wildman–Crippen LogP) is 2.54. The maximum atomic E-state index is 12.9. The van der Waals surface area contributed by atoms with E-state index in [-0.39, 0.29) is 11.3 Å². The van der Waals surface area contributed by atoms with E-state index in [2.05, 4.69) is 0 Å². The summed E-state index contributed by atoms with van der Waals surface area (Å²) in [7, 11) is -2.97. The first kappa shape index (κ1) is 18.7. The number of carbonyl (C=O) groups is 2. The quantitative estimate of drug-likeness (QED) is 0.846. The lowest BCUT2D eigenvalue weighted by atomic mass is 10.1. The minimum atomic E-state index is -4.05. The molecule has 27 heavy (non-hydrogen) atoms. The zero-order chi connectivity index (χ0) is 19.6. The Morgan fingerprint density at radius 1 is 1.07 bits per heavy atom. The van der Waals surface area contributed by atoms with Crippen LogP contribution < -0.4 is 0 Å². The predicted molar refractivity (Wildman–Crippen MR) is 97.4 cm³/mol. The van der Waals surface area contributed by atoms with Gasteiger partial charge < -0.3 is 9.84 Å². The molecule has 0 spiro atoms. The van der Waals surface area contributed by atoms with Gasteiger partial charge in [0.25, 0.3) is 0 Å². The minimum Gasteiger partial charge on any atom is -0.480 e. The van der Waals surface area contributed by atoms with Gasteiger partial charge in [0.1, 0.15) is 11.1 Å². The second kappa shape index (κ2) is 7.24. The highest BCUT2D eigenvalue weighted by atomic mass is 32.2. The van der Waals surface area contributed by atoms with Crippen LogP contribution in [0.4, 0.5) is 4.79 Å². The molecule has 0 bridgehead atoms. The molecule has 0 fully saturated rings. The van der Waals surface area contributed by atoms with Crippen molar-refractivity contribution in [1.82, 2.24) is 4.90 Å². The van der Waals surface area contributed by atoms with Gasteiger partial charge >= 0.3 is 12.1 Å². The number of fused-ring (bicyclic) bond motifs is 1. The standard InChI is InChI=1S/C19H17NO6S/c1-26-19(23)20(15(18(21)22)11-13-7-3-2-4-8-13)17-12-14-9-5-6-10-16(14)27(17,24)25/h2-10,12,15H,11H2,1H3,(H,21,22)/t15-/m0/s1. The molecule has 140 valence electrons. The van der Waals surface area contributed by atoms with Crippen molar-refractivity contribution in [3.05, 3.63) is 70.8 Å². The Morgan fingerprint density at radius 2 is 1.70 bits per heavy atom. The molecule has 0 saturated heterocycles. The molecule has 0 unspecified atom stereocenters. The summed E-state index contributed by atoms with van der Waals surface area (Å²) in [5.41, 5.74) is 1.04. The Balaban J connectivity index is 2.09. The van der Waals surface area contributed by atoms with E-state index in [1.54, 1.807) is 48.5 Å². The highest BCUT2D eigenvalue weighted by Gasteiger charge is 2.42. The molecule has 0 saturated carbocycles. The van der Waals surface area contributed by atoms with Gasteiger partial charge in [-0.25, -0.2) is 18.0 Å². The molecular weight excluding hydrogens is 370 g/mol. The third-order valence-electron chi connectivity index (χ3n) is 4.24. The number of hydrogen-bond acceptors (Lipinski definition) is 5. The van der Waals surface area contributed by atoms with Crippen molar-refractivity contribution in [2.75, 3.05) is 7.11 Å². The van der Waals surface area contributed by atoms with Gasteiger partial charge in [0.05, 0.1) is 12.0 Å². The molecular formula is C19H17NO6S. The number of rotatable bonds is 5. The number of benzene rings is 2. The smallest absolute Gasteiger partial charge is 0.415 e. The number of aliphatic carboxylic acids is 1. The molecule has 1 amide bonds. The van der Waals surface area contributed by atoms with E-state index in [0.29, 0.717) is 16.0 Å². The van der Waals surface area contributed by atoms with Crippen molar-refractivity contribution < 1.29 is 27.9 Å². The number of nitrogens with zero attached hydrogens (tertiary/aromatic N) is 1. The van der Waals surface area contributed by atoms with Gasteiger partial charge in [0, 0.05) is 6.42 Å². The molecule has 3 rings (SSSR count). The number of hydrogen-bond donors (Lipinski definition) is 1. The monoisotopic (exact) mass is 387 g/mol. The number of carboxylic acid groups (broad SMARTS) is 1. The molecule has 1 N–H and O–H groups in total. The molecule has 2 aromatic rings. The van der Waals surface area contributed by atoms with Crippen LogP contribution >= 0.6 is 0 Å². The van der Waals surface area contributed by atoms with Gasteiger partial charge in [-0.2, -0.15) is 0 Å². The number of carbonyl (C=O) groups excluding carboxylic acids is 1. The van der Waals surface area contributed by atoms with Crippen LogP contribution in [-0.4, -0.2) is 43.6 Å². The minimum absolute atomic E-state index is 0.0257. The average molecular weight is 387 g/mol. The van der Waals surface area contributed by atoms with Crippen LogP contribution in [0.15, 0.2) is 64.5 Å². The van der Waals surface area contributed by atoms with E-state index >= 15 is 0 Å². The third-order valence-corrected chi connectivity index (χ3v) is 6.06. The lowest BCUT2D eigenvalue weighted by molar-refractivity contribution is -0.141. The van der Waals surface area contributed by atoms with E-state index in [1.807, 2.05) is 0 Å². The fourth-order valence-corrected chi connectivity index (χ4v) is 4.63. The summed E-state index contributed by atoms with van der Waals surface area (Å²) in [5, 5.41) is 9.32. The van der Waals surface area contributed by atoms with Crippen molar-refractivity contribution in [2.24, 2.45) is 0 Å². The van der Waals surface area contributed by atoms with Crippen molar-refractivity contribution in [2.45, 2.75) is 17.4 Å². The Labute approximate surface area is 156 Å². The fourth-order valence-electron chi connectivity index (χ4n) is 2.96. The summed E-state index contributed by atoms with van der Waals surface area (Å²) in [6.45, 7) is 0. The summed E-state index contributed by atoms with van der Waals surface area (Å²) < 4.78 is 30.5. The van der Waals surface area contributed by atoms with Gasteiger partial charge in [-0.3, -0.25) is 4.90 Å². The molecule has 0 aromatic heterocycles. The average Bonchev–Trinajstić information content (AvgIpc) is 2.93. The van der Waals surface area contributed by atoms with Gasteiger partial charge in [-0.05, 0) is 23.3 Å². The number of methoxy groups -OCH3 is 1. The van der Waals surface area contributed by atoms with Crippen LogP contribution in [0.2, 0.25) is 0 Å². The maximum absolute atomic E-state index is 12.9. The van der Waals surface area contributed by atoms with Gasteiger partial charge in [-0.15, -0.1) is 0 Å². The largest absolute Gasteiger partial charge is 0.480 e. The maximum Gasteiger partial charge on any atom is 0.415 e. The van der Waals surface area contributed by atoms with E-state index < -0.39 is 33.0 Å². The lowest BCUT2D eigenvalue weighted by Gasteiger charge is -2.28. The summed E-state index contributed by atoms with van der Waals surface area (Å²) in [5.74, 6) is -1.34. The number of carboxylic acids is 1. The van der Waals surface area contributed by atoms with Crippen molar-refractivity contribution in [3.8, 4) is 0 Å². The van der Waals surface area contributed by atoms with E-state index in [1.165, 1.54) is 12.1 Å².